The van der Waals surface area contributed by atoms with Crippen LogP contribution in [0.25, 0.3) is 0 Å². The largest absolute Gasteiger partial charge is 0.481 e. The number of carbonyl (C=O) groups is 2. The van der Waals surface area contributed by atoms with Gasteiger partial charge < -0.3 is 10.4 Å². The van der Waals surface area contributed by atoms with Crippen LogP contribution in [0.2, 0.25) is 0 Å². The van der Waals surface area contributed by atoms with E-state index in [2.05, 4.69) is 5.32 Å². The van der Waals surface area contributed by atoms with Crippen molar-refractivity contribution in [2.45, 2.75) is 31.7 Å². The summed E-state index contributed by atoms with van der Waals surface area (Å²) in [6.45, 7) is 0. The number of nitrogens with one attached hydrogen (secondary N) is 1. The minimum absolute atomic E-state index is 0.00234. The second-order valence-electron chi connectivity index (χ2n) is 6.38. The molecule has 0 aliphatic heterocycles. The van der Waals surface area contributed by atoms with Crippen LogP contribution in [0.4, 0.5) is 0 Å². The standard InChI is InChI=1S/C16H21NO5S/c1-23(21,22)11-16(7-8-16)10-14(18)17-13(9-15(19)20)12-5-3-2-4-6-12/h2-6,13H,7-11H2,1H3,(H,17,18)(H,19,20). The Labute approximate surface area is 135 Å². The van der Waals surface area contributed by atoms with E-state index in [-0.39, 0.29) is 24.5 Å². The molecule has 1 fully saturated rings. The van der Waals surface area contributed by atoms with Crippen molar-refractivity contribution in [3.63, 3.8) is 0 Å². The molecule has 7 heteroatoms. The van der Waals surface area contributed by atoms with Gasteiger partial charge in [-0.15, -0.1) is 0 Å². The Morgan fingerprint density at radius 3 is 2.35 bits per heavy atom. The summed E-state index contributed by atoms with van der Waals surface area (Å²) < 4.78 is 22.9. The lowest BCUT2D eigenvalue weighted by Crippen LogP contribution is -2.33. The summed E-state index contributed by atoms with van der Waals surface area (Å²) >= 11 is 0. The number of aliphatic carboxylic acids is 1. The minimum Gasteiger partial charge on any atom is -0.481 e. The molecule has 1 aliphatic carbocycles. The van der Waals surface area contributed by atoms with Gasteiger partial charge in [0.1, 0.15) is 9.84 Å². The van der Waals surface area contributed by atoms with Gasteiger partial charge in [0.2, 0.25) is 5.91 Å². The maximum absolute atomic E-state index is 12.3. The summed E-state index contributed by atoms with van der Waals surface area (Å²) in [5.74, 6) is -1.31. The third-order valence-electron chi connectivity index (χ3n) is 3.98. The van der Waals surface area contributed by atoms with Crippen molar-refractivity contribution in [2.24, 2.45) is 5.41 Å². The Morgan fingerprint density at radius 1 is 1.26 bits per heavy atom. The van der Waals surface area contributed by atoms with Gasteiger partial charge in [0.15, 0.2) is 0 Å². The van der Waals surface area contributed by atoms with E-state index in [1.54, 1.807) is 24.3 Å². The highest BCUT2D eigenvalue weighted by molar-refractivity contribution is 7.90. The molecule has 1 aliphatic rings. The van der Waals surface area contributed by atoms with Gasteiger partial charge in [0, 0.05) is 12.7 Å². The van der Waals surface area contributed by atoms with Gasteiger partial charge in [0.05, 0.1) is 18.2 Å². The number of hydrogen-bond acceptors (Lipinski definition) is 4. The molecule has 0 heterocycles. The Bertz CT molecular complexity index is 680. The molecular formula is C16H21NO5S. The normalized spacial score (nSPS) is 17.3. The molecule has 2 N–H and O–H groups in total. The van der Waals surface area contributed by atoms with Gasteiger partial charge in [-0.3, -0.25) is 9.59 Å². The van der Waals surface area contributed by atoms with E-state index in [0.29, 0.717) is 12.8 Å². The van der Waals surface area contributed by atoms with E-state index < -0.39 is 27.3 Å². The topological polar surface area (TPSA) is 101 Å². The lowest BCUT2D eigenvalue weighted by atomic mass is 10.0. The molecule has 23 heavy (non-hydrogen) atoms. The molecular weight excluding hydrogens is 318 g/mol. The van der Waals surface area contributed by atoms with Crippen molar-refractivity contribution in [1.29, 1.82) is 0 Å². The first-order valence-corrected chi connectivity index (χ1v) is 9.49. The molecule has 1 aromatic carbocycles. The van der Waals surface area contributed by atoms with Crippen LogP contribution in [-0.2, 0) is 19.4 Å². The van der Waals surface area contributed by atoms with Gasteiger partial charge in [-0.1, -0.05) is 30.3 Å². The molecule has 6 nitrogen and oxygen atoms in total. The predicted molar refractivity (Wildman–Crippen MR) is 85.6 cm³/mol. The molecule has 1 atom stereocenters. The maximum atomic E-state index is 12.3. The Balaban J connectivity index is 2.02. The average Bonchev–Trinajstić information content (AvgIpc) is 3.15. The fourth-order valence-corrected chi connectivity index (χ4v) is 4.31. The molecule has 0 saturated heterocycles. The van der Waals surface area contributed by atoms with Crippen molar-refractivity contribution >= 4 is 21.7 Å². The van der Waals surface area contributed by atoms with E-state index in [4.69, 9.17) is 5.11 Å². The number of sulfone groups is 1. The molecule has 1 unspecified atom stereocenters. The smallest absolute Gasteiger partial charge is 0.305 e. The second-order valence-corrected chi connectivity index (χ2v) is 8.52. The lowest BCUT2D eigenvalue weighted by molar-refractivity contribution is -0.137. The van der Waals surface area contributed by atoms with Gasteiger partial charge in [-0.2, -0.15) is 0 Å². The molecule has 0 radical (unpaired) electrons. The highest BCUT2D eigenvalue weighted by Gasteiger charge is 2.46. The van der Waals surface area contributed by atoms with Gasteiger partial charge in [-0.05, 0) is 23.8 Å². The number of rotatable bonds is 8. The van der Waals surface area contributed by atoms with Crippen LogP contribution in [-0.4, -0.2) is 37.4 Å². The molecule has 2 rings (SSSR count). The number of carboxylic acids is 1. The Hall–Kier alpha value is -1.89. The van der Waals surface area contributed by atoms with E-state index in [9.17, 15) is 18.0 Å². The second kappa shape index (κ2) is 6.70. The van der Waals surface area contributed by atoms with Gasteiger partial charge in [-0.25, -0.2) is 8.42 Å². The molecule has 0 spiro atoms. The van der Waals surface area contributed by atoms with Gasteiger partial charge >= 0.3 is 5.97 Å². The maximum Gasteiger partial charge on any atom is 0.305 e. The zero-order valence-corrected chi connectivity index (χ0v) is 13.8. The van der Waals surface area contributed by atoms with Crippen LogP contribution >= 0.6 is 0 Å². The van der Waals surface area contributed by atoms with Crippen molar-refractivity contribution in [3.05, 3.63) is 35.9 Å². The molecule has 0 bridgehead atoms. The molecule has 126 valence electrons. The highest BCUT2D eigenvalue weighted by atomic mass is 32.2. The number of benzene rings is 1. The molecule has 0 aromatic heterocycles. The van der Waals surface area contributed by atoms with Crippen LogP contribution in [0.1, 0.15) is 37.3 Å². The summed E-state index contributed by atoms with van der Waals surface area (Å²) in [6.07, 6.45) is 2.49. The van der Waals surface area contributed by atoms with Crippen molar-refractivity contribution < 1.29 is 23.1 Å². The number of amides is 1. The number of carboxylic acid groups (broad SMARTS) is 1. The van der Waals surface area contributed by atoms with E-state index in [0.717, 1.165) is 5.56 Å². The first kappa shape index (κ1) is 17.5. The van der Waals surface area contributed by atoms with E-state index in [1.807, 2.05) is 6.07 Å². The predicted octanol–water partition coefficient (Wildman–Crippen LogP) is 1.53. The lowest BCUT2D eigenvalue weighted by Gasteiger charge is -2.20. The fourth-order valence-electron chi connectivity index (χ4n) is 2.80. The highest BCUT2D eigenvalue weighted by Crippen LogP contribution is 2.49. The summed E-state index contributed by atoms with van der Waals surface area (Å²) in [5.41, 5.74) is 0.249. The van der Waals surface area contributed by atoms with Gasteiger partial charge in [0.25, 0.3) is 0 Å². The zero-order valence-electron chi connectivity index (χ0n) is 13.0. The summed E-state index contributed by atoms with van der Waals surface area (Å²) in [4.78, 5) is 23.3. The Kier molecular flexibility index (Phi) is 5.09. The van der Waals surface area contributed by atoms with Crippen molar-refractivity contribution in [1.82, 2.24) is 5.32 Å². The third kappa shape index (κ3) is 5.67. The SMILES string of the molecule is CS(=O)(=O)CC1(CC(=O)NC(CC(=O)O)c2ccccc2)CC1. The quantitative estimate of drug-likeness (QED) is 0.748. The monoisotopic (exact) mass is 339 g/mol. The molecule has 1 saturated carbocycles. The van der Waals surface area contributed by atoms with Crippen LogP contribution in [0.15, 0.2) is 30.3 Å². The summed E-state index contributed by atoms with van der Waals surface area (Å²) in [6, 6.07) is 8.28. The van der Waals surface area contributed by atoms with Crippen LogP contribution in [0.3, 0.4) is 0 Å². The van der Waals surface area contributed by atoms with E-state index in [1.165, 1.54) is 6.26 Å². The zero-order chi connectivity index (χ0) is 17.1. The van der Waals surface area contributed by atoms with Crippen LogP contribution in [0, 0.1) is 5.41 Å². The fraction of sp³-hybridized carbons (Fsp3) is 0.500. The average molecular weight is 339 g/mol. The first-order chi connectivity index (χ1) is 10.7. The van der Waals surface area contributed by atoms with Crippen molar-refractivity contribution in [3.8, 4) is 0 Å². The molecule has 1 amide bonds. The molecule has 1 aromatic rings. The third-order valence-corrected chi connectivity index (χ3v) is 5.11. The van der Waals surface area contributed by atoms with Crippen molar-refractivity contribution in [2.75, 3.05) is 12.0 Å². The van der Waals surface area contributed by atoms with Crippen LogP contribution < -0.4 is 5.32 Å². The minimum atomic E-state index is -3.14. The summed E-state index contributed by atoms with van der Waals surface area (Å²) in [5, 5.41) is 11.8. The summed E-state index contributed by atoms with van der Waals surface area (Å²) in [7, 11) is -3.14. The number of hydrogen-bond donors (Lipinski definition) is 2. The number of carbonyl (C=O) groups excluding carboxylic acids is 1. The van der Waals surface area contributed by atoms with Crippen LogP contribution in [0.5, 0.6) is 0 Å². The Morgan fingerprint density at radius 2 is 1.87 bits per heavy atom. The van der Waals surface area contributed by atoms with E-state index >= 15 is 0 Å². The first-order valence-electron chi connectivity index (χ1n) is 7.43.